The largest absolute Gasteiger partial charge is 0.360 e. The van der Waals surface area contributed by atoms with Crippen molar-refractivity contribution in [2.24, 2.45) is 0 Å². The molecule has 0 aliphatic rings. The number of nitrogens with zero attached hydrogens (tertiary/aromatic N) is 5. The summed E-state index contributed by atoms with van der Waals surface area (Å²) in [5, 5.41) is 22.2. The van der Waals surface area contributed by atoms with Crippen LogP contribution in [0.4, 0.5) is 5.13 Å². The van der Waals surface area contributed by atoms with E-state index in [0.29, 0.717) is 22.5 Å². The Balaban J connectivity index is 1.93. The van der Waals surface area contributed by atoms with Crippen LogP contribution < -0.4 is 10.6 Å². The third-order valence-electron chi connectivity index (χ3n) is 2.39. The zero-order valence-electron chi connectivity index (χ0n) is 10.8. The van der Waals surface area contributed by atoms with E-state index in [4.69, 9.17) is 0 Å². The number of nitrogens with one attached hydrogen (secondary N) is 2. The second-order valence-electron chi connectivity index (χ2n) is 3.66. The Kier molecular flexibility index (Phi) is 4.39. The summed E-state index contributed by atoms with van der Waals surface area (Å²) in [6.45, 7) is 5.78. The van der Waals surface area contributed by atoms with Gasteiger partial charge in [0.05, 0.1) is 6.54 Å². The lowest BCUT2D eigenvalue weighted by atomic mass is 10.5. The van der Waals surface area contributed by atoms with Crippen molar-refractivity contribution in [1.29, 1.82) is 0 Å². The molecule has 0 atom stereocenters. The molecule has 0 bridgehead atoms. The summed E-state index contributed by atoms with van der Waals surface area (Å²) in [5.74, 6) is 0.458. The van der Waals surface area contributed by atoms with E-state index in [2.05, 4.69) is 31.0 Å². The Bertz CT molecular complexity index is 550. The maximum absolute atomic E-state index is 11.9. The summed E-state index contributed by atoms with van der Waals surface area (Å²) in [6.07, 6.45) is 1.63. The van der Waals surface area contributed by atoms with Crippen molar-refractivity contribution in [2.75, 3.05) is 11.9 Å². The maximum Gasteiger partial charge on any atom is 0.282 e. The van der Waals surface area contributed by atoms with E-state index in [-0.39, 0.29) is 5.91 Å². The maximum atomic E-state index is 11.9. The van der Waals surface area contributed by atoms with E-state index in [9.17, 15) is 4.79 Å². The highest BCUT2D eigenvalue weighted by Gasteiger charge is 2.13. The van der Waals surface area contributed by atoms with Gasteiger partial charge in [0.1, 0.15) is 6.33 Å². The van der Waals surface area contributed by atoms with Gasteiger partial charge in [0.25, 0.3) is 5.91 Å². The van der Waals surface area contributed by atoms with Crippen LogP contribution in [0.1, 0.15) is 29.5 Å². The van der Waals surface area contributed by atoms with Gasteiger partial charge in [-0.2, -0.15) is 0 Å². The molecule has 0 unspecified atom stereocenters. The first-order valence-electron chi connectivity index (χ1n) is 5.96. The Hall–Kier alpha value is -2.03. The van der Waals surface area contributed by atoms with Crippen molar-refractivity contribution in [1.82, 2.24) is 30.3 Å². The number of hydrogen-bond acceptors (Lipinski definition) is 7. The van der Waals surface area contributed by atoms with E-state index < -0.39 is 0 Å². The second kappa shape index (κ2) is 6.23. The summed E-state index contributed by atoms with van der Waals surface area (Å²) >= 11 is 1.22. The van der Waals surface area contributed by atoms with Crippen LogP contribution in [0.2, 0.25) is 0 Å². The third-order valence-corrected chi connectivity index (χ3v) is 3.27. The van der Waals surface area contributed by atoms with Crippen LogP contribution in [0.5, 0.6) is 0 Å². The Labute approximate surface area is 114 Å². The lowest BCUT2D eigenvalue weighted by Gasteiger charge is -2.03. The van der Waals surface area contributed by atoms with Gasteiger partial charge in [-0.1, -0.05) is 11.3 Å². The standard InChI is InChI=1S/C10H15N7OS/c1-3-11-10-16-15-9(19-10)8(18)12-5-7-14-13-6-17(7)4-2/h6H,3-5H2,1-2H3,(H,11,16)(H,12,18). The molecular formula is C10H15N7OS. The van der Waals surface area contributed by atoms with Crippen molar-refractivity contribution in [2.45, 2.75) is 26.9 Å². The molecule has 0 radical (unpaired) electrons. The Morgan fingerprint density at radius 2 is 2.21 bits per heavy atom. The van der Waals surface area contributed by atoms with Gasteiger partial charge in [-0.15, -0.1) is 20.4 Å². The van der Waals surface area contributed by atoms with Crippen LogP contribution in [0.15, 0.2) is 6.33 Å². The zero-order chi connectivity index (χ0) is 13.7. The van der Waals surface area contributed by atoms with Gasteiger partial charge in [0.15, 0.2) is 5.82 Å². The van der Waals surface area contributed by atoms with Crippen molar-refractivity contribution < 1.29 is 4.79 Å². The first-order chi connectivity index (χ1) is 9.24. The van der Waals surface area contributed by atoms with Gasteiger partial charge in [0.2, 0.25) is 10.1 Å². The molecule has 2 rings (SSSR count). The fourth-order valence-corrected chi connectivity index (χ4v) is 2.18. The molecule has 102 valence electrons. The molecule has 19 heavy (non-hydrogen) atoms. The second-order valence-corrected chi connectivity index (χ2v) is 4.64. The molecule has 2 aromatic rings. The topological polar surface area (TPSA) is 97.6 Å². The molecule has 2 heterocycles. The summed E-state index contributed by atoms with van der Waals surface area (Å²) in [7, 11) is 0. The predicted octanol–water partition coefficient (Wildman–Crippen LogP) is 0.511. The molecule has 0 aromatic carbocycles. The van der Waals surface area contributed by atoms with Crippen LogP contribution in [-0.2, 0) is 13.1 Å². The third kappa shape index (κ3) is 3.25. The monoisotopic (exact) mass is 281 g/mol. The lowest BCUT2D eigenvalue weighted by molar-refractivity contribution is 0.0948. The van der Waals surface area contributed by atoms with Crippen LogP contribution in [0.25, 0.3) is 0 Å². The van der Waals surface area contributed by atoms with Crippen molar-refractivity contribution in [3.8, 4) is 0 Å². The minimum Gasteiger partial charge on any atom is -0.360 e. The highest BCUT2D eigenvalue weighted by Crippen LogP contribution is 2.14. The van der Waals surface area contributed by atoms with E-state index in [0.717, 1.165) is 13.1 Å². The van der Waals surface area contributed by atoms with Gasteiger partial charge in [-0.05, 0) is 13.8 Å². The average molecular weight is 281 g/mol. The number of rotatable bonds is 6. The lowest BCUT2D eigenvalue weighted by Crippen LogP contribution is -2.24. The average Bonchev–Trinajstić information content (AvgIpc) is 3.04. The molecule has 8 nitrogen and oxygen atoms in total. The fraction of sp³-hybridized carbons (Fsp3) is 0.500. The van der Waals surface area contributed by atoms with Gasteiger partial charge in [-0.25, -0.2) is 0 Å². The number of hydrogen-bond donors (Lipinski definition) is 2. The SMILES string of the molecule is CCNc1nnc(C(=O)NCc2nncn2CC)s1. The van der Waals surface area contributed by atoms with Crippen LogP contribution in [0, 0.1) is 0 Å². The van der Waals surface area contributed by atoms with Crippen molar-refractivity contribution in [3.05, 3.63) is 17.2 Å². The number of amides is 1. The minimum atomic E-state index is -0.257. The van der Waals surface area contributed by atoms with E-state index in [1.165, 1.54) is 11.3 Å². The number of aryl methyl sites for hydroxylation is 1. The number of aromatic nitrogens is 5. The Morgan fingerprint density at radius 1 is 1.37 bits per heavy atom. The molecule has 2 aromatic heterocycles. The van der Waals surface area contributed by atoms with Crippen molar-refractivity contribution >= 4 is 22.4 Å². The van der Waals surface area contributed by atoms with E-state index in [1.807, 2.05) is 18.4 Å². The molecule has 0 saturated carbocycles. The Morgan fingerprint density at radius 3 is 2.95 bits per heavy atom. The van der Waals surface area contributed by atoms with Gasteiger partial charge in [0, 0.05) is 13.1 Å². The summed E-state index contributed by atoms with van der Waals surface area (Å²) < 4.78 is 1.87. The highest BCUT2D eigenvalue weighted by molar-refractivity contribution is 7.17. The van der Waals surface area contributed by atoms with Gasteiger partial charge >= 0.3 is 0 Å². The predicted molar refractivity (Wildman–Crippen MR) is 70.9 cm³/mol. The molecule has 0 saturated heterocycles. The van der Waals surface area contributed by atoms with Crippen molar-refractivity contribution in [3.63, 3.8) is 0 Å². The zero-order valence-corrected chi connectivity index (χ0v) is 11.6. The molecule has 9 heteroatoms. The summed E-state index contributed by atoms with van der Waals surface area (Å²) in [4.78, 5) is 11.9. The van der Waals surface area contributed by atoms with Crippen LogP contribution in [0.3, 0.4) is 0 Å². The highest BCUT2D eigenvalue weighted by atomic mass is 32.1. The smallest absolute Gasteiger partial charge is 0.282 e. The number of carbonyl (C=O) groups is 1. The van der Waals surface area contributed by atoms with Gasteiger partial charge < -0.3 is 15.2 Å². The normalized spacial score (nSPS) is 10.4. The molecular weight excluding hydrogens is 266 g/mol. The number of carbonyl (C=O) groups excluding carboxylic acids is 1. The molecule has 1 amide bonds. The fourth-order valence-electron chi connectivity index (χ4n) is 1.45. The first kappa shape index (κ1) is 13.4. The molecule has 0 spiro atoms. The van der Waals surface area contributed by atoms with Crippen LogP contribution >= 0.6 is 11.3 Å². The van der Waals surface area contributed by atoms with Gasteiger partial charge in [-0.3, -0.25) is 4.79 Å². The minimum absolute atomic E-state index is 0.257. The quantitative estimate of drug-likeness (QED) is 0.800. The summed E-state index contributed by atoms with van der Waals surface area (Å²) in [5.41, 5.74) is 0. The van der Waals surface area contributed by atoms with E-state index >= 15 is 0 Å². The molecule has 0 fully saturated rings. The van der Waals surface area contributed by atoms with Crippen LogP contribution in [-0.4, -0.2) is 37.4 Å². The molecule has 0 aliphatic heterocycles. The number of anilines is 1. The summed E-state index contributed by atoms with van der Waals surface area (Å²) in [6, 6.07) is 0. The molecule has 0 aliphatic carbocycles. The first-order valence-corrected chi connectivity index (χ1v) is 6.78. The molecule has 2 N–H and O–H groups in total. The van der Waals surface area contributed by atoms with E-state index in [1.54, 1.807) is 6.33 Å².